The number of rotatable bonds is 5. The van der Waals surface area contributed by atoms with Crippen molar-refractivity contribution in [3.63, 3.8) is 0 Å². The molecule has 6 heteroatoms. The van der Waals surface area contributed by atoms with Gasteiger partial charge in [0.2, 0.25) is 0 Å². The average Bonchev–Trinajstić information content (AvgIpc) is 3.38. The maximum Gasteiger partial charge on any atom is 0.305 e. The third-order valence-electron chi connectivity index (χ3n) is 6.58. The predicted octanol–water partition coefficient (Wildman–Crippen LogP) is 5.13. The van der Waals surface area contributed by atoms with Gasteiger partial charge in [-0.1, -0.05) is 31.3 Å². The van der Waals surface area contributed by atoms with E-state index in [0.29, 0.717) is 23.7 Å². The number of hydrogen-bond acceptors (Lipinski definition) is 5. The summed E-state index contributed by atoms with van der Waals surface area (Å²) in [7, 11) is 1.71. The molecule has 28 heavy (non-hydrogen) atoms. The van der Waals surface area contributed by atoms with Gasteiger partial charge in [-0.2, -0.15) is 0 Å². The summed E-state index contributed by atoms with van der Waals surface area (Å²) in [4.78, 5) is 16.6. The van der Waals surface area contributed by atoms with Crippen molar-refractivity contribution in [2.24, 2.45) is 23.7 Å². The van der Waals surface area contributed by atoms with Gasteiger partial charge in [0.25, 0.3) is 0 Å². The summed E-state index contributed by atoms with van der Waals surface area (Å²) in [6, 6.07) is 6.39. The Kier molecular flexibility index (Phi) is 4.74. The monoisotopic (exact) mass is 417 g/mol. The van der Waals surface area contributed by atoms with Crippen LogP contribution in [0.15, 0.2) is 28.0 Å². The third kappa shape index (κ3) is 3.00. The molecule has 5 atom stereocenters. The maximum atomic E-state index is 12.2. The second-order valence-electron chi connectivity index (χ2n) is 8.79. The molecule has 0 amide bonds. The van der Waals surface area contributed by atoms with Gasteiger partial charge in [0, 0.05) is 16.0 Å². The Balaban J connectivity index is 1.56. The Hall–Kier alpha value is -1.40. The molecule has 2 saturated carbocycles. The summed E-state index contributed by atoms with van der Waals surface area (Å²) in [5.74, 6) is 4.55. The molecule has 4 nitrogen and oxygen atoms in total. The standard InChI is InChI=1S/C22H27NO3S2/c1-11(2)10-26-15-7-6-13(9-16(15)25-3)18-17-12-4-5-14(8-12)19(17)27-21-20(18)28-22(24)23-21/h6-7,9,11-12,14,17-19H,4-5,8,10H2,1-3H3,(H,23,24)/t12?,14?,17?,18-,19?/m1/s1. The van der Waals surface area contributed by atoms with E-state index in [2.05, 4.69) is 37.0 Å². The zero-order chi connectivity index (χ0) is 19.4. The summed E-state index contributed by atoms with van der Waals surface area (Å²) in [6.45, 7) is 4.96. The topological polar surface area (TPSA) is 51.3 Å². The number of methoxy groups -OCH3 is 1. The molecule has 0 radical (unpaired) electrons. The van der Waals surface area contributed by atoms with Crippen LogP contribution in [0.4, 0.5) is 0 Å². The molecular formula is C22H27NO3S2. The van der Waals surface area contributed by atoms with E-state index in [1.807, 2.05) is 11.8 Å². The molecule has 4 unspecified atom stereocenters. The largest absolute Gasteiger partial charge is 0.493 e. The Morgan fingerprint density at radius 1 is 1.21 bits per heavy atom. The highest BCUT2D eigenvalue weighted by Crippen LogP contribution is 2.63. The van der Waals surface area contributed by atoms with E-state index in [9.17, 15) is 4.79 Å². The van der Waals surface area contributed by atoms with Gasteiger partial charge in [0.05, 0.1) is 18.7 Å². The summed E-state index contributed by atoms with van der Waals surface area (Å²) >= 11 is 3.33. The molecule has 2 aromatic rings. The van der Waals surface area contributed by atoms with Crippen LogP contribution >= 0.6 is 23.1 Å². The Bertz CT molecular complexity index is 934. The average molecular weight is 418 g/mol. The molecular weight excluding hydrogens is 390 g/mol. The highest BCUT2D eigenvalue weighted by atomic mass is 32.2. The van der Waals surface area contributed by atoms with Crippen LogP contribution in [-0.2, 0) is 0 Å². The lowest BCUT2D eigenvalue weighted by molar-refractivity contribution is 0.256. The van der Waals surface area contributed by atoms with E-state index >= 15 is 0 Å². The minimum absolute atomic E-state index is 0.0682. The lowest BCUT2D eigenvalue weighted by Crippen LogP contribution is -2.33. The van der Waals surface area contributed by atoms with Gasteiger partial charge in [-0.15, -0.1) is 11.8 Å². The minimum atomic E-state index is 0.0682. The number of hydrogen-bond donors (Lipinski definition) is 1. The summed E-state index contributed by atoms with van der Waals surface area (Å²) in [5.41, 5.74) is 1.26. The molecule has 1 aromatic heterocycles. The van der Waals surface area contributed by atoms with Crippen molar-refractivity contribution in [1.29, 1.82) is 0 Å². The van der Waals surface area contributed by atoms with Gasteiger partial charge in [-0.3, -0.25) is 4.79 Å². The SMILES string of the molecule is COc1cc([C@H]2c3sc(=O)[nH]c3SC3C4CCC(C4)C32)ccc1OCC(C)C. The minimum Gasteiger partial charge on any atom is -0.493 e. The fraction of sp³-hybridized carbons (Fsp3) is 0.591. The first-order valence-electron chi connectivity index (χ1n) is 10.3. The lowest BCUT2D eigenvalue weighted by Gasteiger charge is -2.40. The molecule has 2 aliphatic carbocycles. The highest BCUT2D eigenvalue weighted by molar-refractivity contribution is 8.00. The van der Waals surface area contributed by atoms with Gasteiger partial charge in [-0.25, -0.2) is 0 Å². The number of thiazole rings is 1. The maximum absolute atomic E-state index is 12.2. The van der Waals surface area contributed by atoms with E-state index in [-0.39, 0.29) is 10.8 Å². The van der Waals surface area contributed by atoms with Crippen molar-refractivity contribution in [1.82, 2.24) is 4.98 Å². The zero-order valence-electron chi connectivity index (χ0n) is 16.6. The molecule has 1 aliphatic heterocycles. The van der Waals surface area contributed by atoms with Crippen molar-refractivity contribution in [3.8, 4) is 11.5 Å². The molecule has 2 heterocycles. The Morgan fingerprint density at radius 3 is 2.82 bits per heavy atom. The van der Waals surface area contributed by atoms with E-state index < -0.39 is 0 Å². The summed E-state index contributed by atoms with van der Waals surface area (Å²) in [5, 5.41) is 1.73. The lowest BCUT2D eigenvalue weighted by atomic mass is 9.75. The van der Waals surface area contributed by atoms with Crippen molar-refractivity contribution < 1.29 is 9.47 Å². The first-order valence-corrected chi connectivity index (χ1v) is 11.9. The van der Waals surface area contributed by atoms with Crippen LogP contribution in [0.25, 0.3) is 0 Å². The number of ether oxygens (including phenoxy) is 2. The van der Waals surface area contributed by atoms with E-state index in [1.54, 1.807) is 7.11 Å². The fourth-order valence-corrected chi connectivity index (χ4v) is 8.37. The number of H-pyrrole nitrogens is 1. The van der Waals surface area contributed by atoms with Crippen LogP contribution in [0.3, 0.4) is 0 Å². The Morgan fingerprint density at radius 2 is 2.04 bits per heavy atom. The number of benzene rings is 1. The number of nitrogens with one attached hydrogen (secondary N) is 1. The van der Waals surface area contributed by atoms with Crippen molar-refractivity contribution in [2.75, 3.05) is 13.7 Å². The smallest absolute Gasteiger partial charge is 0.305 e. The second kappa shape index (κ2) is 7.13. The second-order valence-corrected chi connectivity index (χ2v) is 11.0. The predicted molar refractivity (Wildman–Crippen MR) is 114 cm³/mol. The van der Waals surface area contributed by atoms with Crippen molar-refractivity contribution in [3.05, 3.63) is 38.3 Å². The number of fused-ring (bicyclic) bond motifs is 6. The fourth-order valence-electron chi connectivity index (χ4n) is 5.48. The van der Waals surface area contributed by atoms with E-state index in [4.69, 9.17) is 9.47 Å². The molecule has 150 valence electrons. The van der Waals surface area contributed by atoms with Gasteiger partial charge >= 0.3 is 4.87 Å². The van der Waals surface area contributed by atoms with Crippen molar-refractivity contribution >= 4 is 23.1 Å². The van der Waals surface area contributed by atoms with Crippen LogP contribution < -0.4 is 14.3 Å². The molecule has 0 saturated heterocycles. The van der Waals surface area contributed by atoms with Gasteiger partial charge < -0.3 is 14.5 Å². The normalized spacial score (nSPS) is 30.4. The van der Waals surface area contributed by atoms with E-state index in [0.717, 1.165) is 28.4 Å². The molecule has 3 aliphatic rings. The molecule has 1 N–H and O–H groups in total. The summed E-state index contributed by atoms with van der Waals surface area (Å²) in [6.07, 6.45) is 4.04. The van der Waals surface area contributed by atoms with Gasteiger partial charge in [0.1, 0.15) is 0 Å². The third-order valence-corrected chi connectivity index (χ3v) is 9.21. The quantitative estimate of drug-likeness (QED) is 0.732. The van der Waals surface area contributed by atoms with Crippen LogP contribution in [0.2, 0.25) is 0 Å². The van der Waals surface area contributed by atoms with Crippen molar-refractivity contribution in [2.45, 2.75) is 49.3 Å². The molecule has 2 fully saturated rings. The molecule has 5 rings (SSSR count). The first-order chi connectivity index (χ1) is 13.5. The zero-order valence-corrected chi connectivity index (χ0v) is 18.2. The van der Waals surface area contributed by atoms with Gasteiger partial charge in [0.15, 0.2) is 11.5 Å². The molecule has 0 spiro atoms. The molecule has 2 bridgehead atoms. The highest BCUT2D eigenvalue weighted by Gasteiger charge is 2.54. The number of thioether (sulfide) groups is 1. The van der Waals surface area contributed by atoms with E-state index in [1.165, 1.54) is 41.0 Å². The van der Waals surface area contributed by atoms with Crippen LogP contribution in [0, 0.1) is 23.7 Å². The van der Waals surface area contributed by atoms with Crippen LogP contribution in [0.1, 0.15) is 49.5 Å². The first kappa shape index (κ1) is 18.6. The summed E-state index contributed by atoms with van der Waals surface area (Å²) < 4.78 is 11.6. The molecule has 1 aromatic carbocycles. The van der Waals surface area contributed by atoms with Crippen LogP contribution in [-0.4, -0.2) is 24.0 Å². The van der Waals surface area contributed by atoms with Crippen LogP contribution in [0.5, 0.6) is 11.5 Å². The van der Waals surface area contributed by atoms with Gasteiger partial charge in [-0.05, 0) is 60.6 Å². The number of aromatic nitrogens is 1. The Labute approximate surface area is 174 Å². The number of aromatic amines is 1.